The maximum atomic E-state index is 5.64. The van der Waals surface area contributed by atoms with E-state index in [1.54, 1.807) is 18.6 Å². The second kappa shape index (κ2) is 5.09. The zero-order valence-corrected chi connectivity index (χ0v) is 10.2. The zero-order valence-electron chi connectivity index (χ0n) is 10.2. The van der Waals surface area contributed by atoms with Gasteiger partial charge in [0.1, 0.15) is 0 Å². The Kier molecular flexibility index (Phi) is 3.14. The van der Waals surface area contributed by atoms with Gasteiger partial charge in [0.15, 0.2) is 0 Å². The fourth-order valence-electron chi connectivity index (χ4n) is 2.06. The number of nitrogens with zero attached hydrogens (tertiary/aromatic N) is 3. The van der Waals surface area contributed by atoms with Crippen molar-refractivity contribution in [3.63, 3.8) is 0 Å². The Morgan fingerprint density at radius 3 is 2.74 bits per heavy atom. The first-order valence-electron chi connectivity index (χ1n) is 5.95. The van der Waals surface area contributed by atoms with Crippen LogP contribution in [0.15, 0.2) is 55.1 Å². The van der Waals surface area contributed by atoms with Crippen molar-refractivity contribution in [1.29, 1.82) is 0 Å². The summed E-state index contributed by atoms with van der Waals surface area (Å²) in [6, 6.07) is 9.80. The predicted octanol–water partition coefficient (Wildman–Crippen LogP) is 1.58. The molecule has 5 heteroatoms. The summed E-state index contributed by atoms with van der Waals surface area (Å²) in [6.45, 7) is 0. The van der Waals surface area contributed by atoms with Crippen LogP contribution in [0.5, 0.6) is 0 Å². The molecule has 0 spiro atoms. The van der Waals surface area contributed by atoms with Gasteiger partial charge in [-0.2, -0.15) is 0 Å². The Labute approximate surface area is 110 Å². The van der Waals surface area contributed by atoms with Crippen LogP contribution >= 0.6 is 0 Å². The van der Waals surface area contributed by atoms with E-state index in [0.29, 0.717) is 0 Å². The van der Waals surface area contributed by atoms with Gasteiger partial charge in [-0.25, -0.2) is 5.43 Å². The maximum absolute atomic E-state index is 5.64. The molecule has 0 aliphatic carbocycles. The number of rotatable bonds is 3. The summed E-state index contributed by atoms with van der Waals surface area (Å²) in [5, 5.41) is 1.07. The van der Waals surface area contributed by atoms with Gasteiger partial charge in [0.25, 0.3) is 0 Å². The topological polar surface area (TPSA) is 76.7 Å². The number of hydrazine groups is 1. The van der Waals surface area contributed by atoms with Gasteiger partial charge >= 0.3 is 0 Å². The van der Waals surface area contributed by atoms with Crippen LogP contribution in [-0.2, 0) is 0 Å². The number of hydrogen-bond acceptors (Lipinski definition) is 5. The van der Waals surface area contributed by atoms with Crippen LogP contribution in [0.25, 0.3) is 10.9 Å². The molecule has 0 aliphatic heterocycles. The largest absolute Gasteiger partial charge is 0.271 e. The maximum Gasteiger partial charge on any atom is 0.0912 e. The number of aromatic nitrogens is 3. The summed E-state index contributed by atoms with van der Waals surface area (Å²) in [5.41, 5.74) is 5.44. The standard InChI is InChI=1S/C14H13N5/c15-19-14(13-9-16-5-6-17-13)11-7-10-3-1-2-4-12(10)18-8-11/h1-9,14,19H,15H2. The van der Waals surface area contributed by atoms with Crippen LogP contribution in [-0.4, -0.2) is 15.0 Å². The molecular formula is C14H13N5. The van der Waals surface area contributed by atoms with E-state index in [1.807, 2.05) is 30.5 Å². The molecule has 1 aromatic carbocycles. The van der Waals surface area contributed by atoms with Gasteiger partial charge in [0.05, 0.1) is 23.4 Å². The van der Waals surface area contributed by atoms with Gasteiger partial charge < -0.3 is 0 Å². The minimum Gasteiger partial charge on any atom is -0.271 e. The molecule has 0 aliphatic rings. The lowest BCUT2D eigenvalue weighted by Crippen LogP contribution is -2.29. The molecule has 0 radical (unpaired) electrons. The minimum atomic E-state index is -0.217. The number of hydrogen-bond donors (Lipinski definition) is 2. The molecule has 5 nitrogen and oxygen atoms in total. The van der Waals surface area contributed by atoms with Crippen molar-refractivity contribution >= 4 is 10.9 Å². The third-order valence-electron chi connectivity index (χ3n) is 2.99. The monoisotopic (exact) mass is 251 g/mol. The fraction of sp³-hybridized carbons (Fsp3) is 0.0714. The molecule has 3 aromatic rings. The lowest BCUT2D eigenvalue weighted by atomic mass is 10.0. The van der Waals surface area contributed by atoms with Gasteiger partial charge in [0, 0.05) is 24.0 Å². The third-order valence-corrected chi connectivity index (χ3v) is 2.99. The average molecular weight is 251 g/mol. The first-order chi connectivity index (χ1) is 9.38. The molecule has 2 aromatic heterocycles. The van der Waals surface area contributed by atoms with Crippen molar-refractivity contribution in [3.05, 3.63) is 66.4 Å². The Morgan fingerprint density at radius 2 is 1.95 bits per heavy atom. The molecule has 0 amide bonds. The van der Waals surface area contributed by atoms with E-state index in [2.05, 4.69) is 26.4 Å². The Balaban J connectivity index is 2.06. The van der Waals surface area contributed by atoms with Crippen molar-refractivity contribution in [3.8, 4) is 0 Å². The SMILES string of the molecule is NNC(c1cnc2ccccc2c1)c1cnccn1. The minimum absolute atomic E-state index is 0.217. The van der Waals surface area contributed by atoms with E-state index in [-0.39, 0.29) is 6.04 Å². The number of fused-ring (bicyclic) bond motifs is 1. The van der Waals surface area contributed by atoms with Gasteiger partial charge in [0.2, 0.25) is 0 Å². The van der Waals surface area contributed by atoms with E-state index in [9.17, 15) is 0 Å². The molecule has 0 saturated heterocycles. The molecule has 1 atom stereocenters. The van der Waals surface area contributed by atoms with Crippen molar-refractivity contribution in [2.75, 3.05) is 0 Å². The van der Waals surface area contributed by atoms with Crippen LogP contribution < -0.4 is 11.3 Å². The summed E-state index contributed by atoms with van der Waals surface area (Å²) in [5.74, 6) is 5.64. The Morgan fingerprint density at radius 1 is 1.05 bits per heavy atom. The third kappa shape index (κ3) is 2.29. The quantitative estimate of drug-likeness (QED) is 0.546. The molecule has 3 rings (SSSR count). The summed E-state index contributed by atoms with van der Waals surface area (Å²) >= 11 is 0. The number of nitrogens with one attached hydrogen (secondary N) is 1. The number of benzene rings is 1. The van der Waals surface area contributed by atoms with Crippen molar-refractivity contribution in [1.82, 2.24) is 20.4 Å². The molecule has 0 saturated carbocycles. The second-order valence-corrected chi connectivity index (χ2v) is 4.19. The number of nitrogens with two attached hydrogens (primary N) is 1. The molecule has 0 bridgehead atoms. The number of pyridine rings is 1. The molecule has 1 unspecified atom stereocenters. The van der Waals surface area contributed by atoms with E-state index in [0.717, 1.165) is 22.2 Å². The lowest BCUT2D eigenvalue weighted by molar-refractivity contribution is 0.616. The summed E-state index contributed by atoms with van der Waals surface area (Å²) in [4.78, 5) is 12.8. The van der Waals surface area contributed by atoms with E-state index in [4.69, 9.17) is 5.84 Å². The van der Waals surface area contributed by atoms with Gasteiger partial charge in [-0.3, -0.25) is 20.8 Å². The highest BCUT2D eigenvalue weighted by molar-refractivity contribution is 5.78. The van der Waals surface area contributed by atoms with Gasteiger partial charge in [-0.1, -0.05) is 18.2 Å². The molecule has 19 heavy (non-hydrogen) atoms. The van der Waals surface area contributed by atoms with Crippen molar-refractivity contribution in [2.45, 2.75) is 6.04 Å². The van der Waals surface area contributed by atoms with E-state index in [1.165, 1.54) is 0 Å². The molecule has 0 fully saturated rings. The highest BCUT2D eigenvalue weighted by Crippen LogP contribution is 2.21. The van der Waals surface area contributed by atoms with Crippen LogP contribution in [0.1, 0.15) is 17.3 Å². The van der Waals surface area contributed by atoms with Crippen LogP contribution in [0.4, 0.5) is 0 Å². The zero-order chi connectivity index (χ0) is 13.1. The normalized spacial score (nSPS) is 12.5. The van der Waals surface area contributed by atoms with Crippen LogP contribution in [0.2, 0.25) is 0 Å². The molecule has 2 heterocycles. The van der Waals surface area contributed by atoms with E-state index < -0.39 is 0 Å². The van der Waals surface area contributed by atoms with Gasteiger partial charge in [-0.15, -0.1) is 0 Å². The molecule has 94 valence electrons. The average Bonchev–Trinajstić information content (AvgIpc) is 2.49. The molecular weight excluding hydrogens is 238 g/mol. The Hall–Kier alpha value is -2.37. The van der Waals surface area contributed by atoms with Gasteiger partial charge in [-0.05, 0) is 17.7 Å². The highest BCUT2D eigenvalue weighted by Gasteiger charge is 2.14. The lowest BCUT2D eigenvalue weighted by Gasteiger charge is -2.15. The van der Waals surface area contributed by atoms with Crippen LogP contribution in [0.3, 0.4) is 0 Å². The molecule has 3 N–H and O–H groups in total. The van der Waals surface area contributed by atoms with E-state index >= 15 is 0 Å². The van der Waals surface area contributed by atoms with Crippen LogP contribution in [0, 0.1) is 0 Å². The van der Waals surface area contributed by atoms with Crippen molar-refractivity contribution in [2.24, 2.45) is 5.84 Å². The second-order valence-electron chi connectivity index (χ2n) is 4.19. The summed E-state index contributed by atoms with van der Waals surface area (Å²) < 4.78 is 0. The van der Waals surface area contributed by atoms with Crippen molar-refractivity contribution < 1.29 is 0 Å². The fourth-order valence-corrected chi connectivity index (χ4v) is 2.06. The summed E-state index contributed by atoms with van der Waals surface area (Å²) in [7, 11) is 0. The first kappa shape index (κ1) is 11.7. The smallest absolute Gasteiger partial charge is 0.0912 e. The first-order valence-corrected chi connectivity index (χ1v) is 5.95. The highest BCUT2D eigenvalue weighted by atomic mass is 15.2. The number of para-hydroxylation sites is 1. The Bertz CT molecular complexity index is 683. The summed E-state index contributed by atoms with van der Waals surface area (Å²) in [6.07, 6.45) is 6.78. The predicted molar refractivity (Wildman–Crippen MR) is 72.9 cm³/mol.